The van der Waals surface area contributed by atoms with E-state index in [0.717, 1.165) is 27.1 Å². The first-order valence-corrected chi connectivity index (χ1v) is 7.35. The van der Waals surface area contributed by atoms with Gasteiger partial charge in [0, 0.05) is 16.6 Å². The van der Waals surface area contributed by atoms with E-state index in [1.807, 2.05) is 44.4 Å². The molecule has 1 aromatic heterocycles. The predicted octanol–water partition coefficient (Wildman–Crippen LogP) is 4.51. The summed E-state index contributed by atoms with van der Waals surface area (Å²) in [5, 5.41) is 5.31. The van der Waals surface area contributed by atoms with Crippen LogP contribution in [-0.2, 0) is 0 Å². The van der Waals surface area contributed by atoms with E-state index in [0.29, 0.717) is 0 Å². The van der Waals surface area contributed by atoms with Crippen LogP contribution in [0.4, 0.5) is 0 Å². The maximum atomic E-state index is 6.45. The molecule has 0 radical (unpaired) electrons. The van der Waals surface area contributed by atoms with Crippen LogP contribution in [0.5, 0.6) is 0 Å². The third-order valence-electron chi connectivity index (χ3n) is 3.75. The SMILES string of the molecule is CNC(c1ccc(C)cc1Cl)c1cccc2ncccc12. The second-order valence-electron chi connectivity index (χ2n) is 5.16. The molecule has 2 aromatic carbocycles. The number of benzene rings is 2. The van der Waals surface area contributed by atoms with Crippen LogP contribution in [0, 0.1) is 6.92 Å². The normalized spacial score (nSPS) is 12.5. The number of fused-ring (bicyclic) bond motifs is 1. The van der Waals surface area contributed by atoms with Crippen molar-refractivity contribution in [3.05, 3.63) is 76.4 Å². The van der Waals surface area contributed by atoms with Gasteiger partial charge in [0.2, 0.25) is 0 Å². The zero-order valence-electron chi connectivity index (χ0n) is 12.1. The van der Waals surface area contributed by atoms with E-state index in [1.165, 1.54) is 5.56 Å². The lowest BCUT2D eigenvalue weighted by atomic mass is 9.94. The van der Waals surface area contributed by atoms with E-state index in [9.17, 15) is 0 Å². The van der Waals surface area contributed by atoms with Gasteiger partial charge in [0.15, 0.2) is 0 Å². The van der Waals surface area contributed by atoms with Crippen LogP contribution in [-0.4, -0.2) is 12.0 Å². The molecule has 0 aliphatic heterocycles. The van der Waals surface area contributed by atoms with Gasteiger partial charge in [0.1, 0.15) is 0 Å². The van der Waals surface area contributed by atoms with Crippen molar-refractivity contribution in [2.75, 3.05) is 7.05 Å². The van der Waals surface area contributed by atoms with Crippen LogP contribution in [0.2, 0.25) is 5.02 Å². The summed E-state index contributed by atoms with van der Waals surface area (Å²) in [6.45, 7) is 2.05. The Labute approximate surface area is 129 Å². The summed E-state index contributed by atoms with van der Waals surface area (Å²) in [6, 6.07) is 16.5. The fraction of sp³-hybridized carbons (Fsp3) is 0.167. The Hall–Kier alpha value is -1.90. The minimum absolute atomic E-state index is 0.0472. The highest BCUT2D eigenvalue weighted by Gasteiger charge is 2.17. The molecule has 1 N–H and O–H groups in total. The largest absolute Gasteiger partial charge is 0.309 e. The minimum Gasteiger partial charge on any atom is -0.309 e. The number of halogens is 1. The third kappa shape index (κ3) is 2.65. The van der Waals surface area contributed by atoms with Gasteiger partial charge in [-0.05, 0) is 48.9 Å². The van der Waals surface area contributed by atoms with Crippen molar-refractivity contribution < 1.29 is 0 Å². The molecule has 1 unspecified atom stereocenters. The number of hydrogen-bond donors (Lipinski definition) is 1. The topological polar surface area (TPSA) is 24.9 Å². The van der Waals surface area contributed by atoms with Gasteiger partial charge in [-0.1, -0.05) is 41.9 Å². The number of rotatable bonds is 3. The van der Waals surface area contributed by atoms with Crippen LogP contribution < -0.4 is 5.32 Å². The molecule has 0 spiro atoms. The second-order valence-corrected chi connectivity index (χ2v) is 5.57. The summed E-state index contributed by atoms with van der Waals surface area (Å²) in [5.41, 5.74) is 4.44. The monoisotopic (exact) mass is 296 g/mol. The maximum absolute atomic E-state index is 6.45. The van der Waals surface area contributed by atoms with Crippen LogP contribution in [0.3, 0.4) is 0 Å². The molecule has 3 heteroatoms. The molecule has 3 aromatic rings. The van der Waals surface area contributed by atoms with Crippen molar-refractivity contribution in [3.63, 3.8) is 0 Å². The first-order valence-electron chi connectivity index (χ1n) is 6.97. The summed E-state index contributed by atoms with van der Waals surface area (Å²) in [7, 11) is 1.95. The van der Waals surface area contributed by atoms with Crippen LogP contribution in [0.15, 0.2) is 54.7 Å². The molecule has 0 aliphatic rings. The zero-order chi connectivity index (χ0) is 14.8. The molecule has 0 amide bonds. The molecular weight excluding hydrogens is 280 g/mol. The Morgan fingerprint density at radius 2 is 1.90 bits per heavy atom. The summed E-state index contributed by atoms with van der Waals surface area (Å²) in [5.74, 6) is 0. The Balaban J connectivity index is 2.18. The number of aryl methyl sites for hydroxylation is 1. The number of aromatic nitrogens is 1. The lowest BCUT2D eigenvalue weighted by molar-refractivity contribution is 0.697. The second kappa shape index (κ2) is 5.84. The van der Waals surface area contributed by atoms with Gasteiger partial charge < -0.3 is 5.32 Å². The van der Waals surface area contributed by atoms with Gasteiger partial charge in [0.25, 0.3) is 0 Å². The van der Waals surface area contributed by atoms with Crippen molar-refractivity contribution >= 4 is 22.5 Å². The summed E-state index contributed by atoms with van der Waals surface area (Å²) in [6.07, 6.45) is 1.82. The lowest BCUT2D eigenvalue weighted by Crippen LogP contribution is -2.18. The van der Waals surface area contributed by atoms with Gasteiger partial charge in [0.05, 0.1) is 11.6 Å². The Kier molecular flexibility index (Phi) is 3.91. The van der Waals surface area contributed by atoms with Crippen LogP contribution in [0.1, 0.15) is 22.7 Å². The summed E-state index contributed by atoms with van der Waals surface area (Å²) < 4.78 is 0. The highest BCUT2D eigenvalue weighted by Crippen LogP contribution is 2.32. The summed E-state index contributed by atoms with van der Waals surface area (Å²) >= 11 is 6.45. The van der Waals surface area contributed by atoms with Gasteiger partial charge in [-0.15, -0.1) is 0 Å². The number of nitrogens with one attached hydrogen (secondary N) is 1. The maximum Gasteiger partial charge on any atom is 0.0705 e. The Morgan fingerprint density at radius 3 is 2.67 bits per heavy atom. The average molecular weight is 297 g/mol. The van der Waals surface area contributed by atoms with E-state index in [1.54, 1.807) is 0 Å². The minimum atomic E-state index is 0.0472. The highest BCUT2D eigenvalue weighted by atomic mass is 35.5. The molecule has 0 saturated carbocycles. The van der Waals surface area contributed by atoms with Crippen molar-refractivity contribution in [1.29, 1.82) is 0 Å². The van der Waals surface area contributed by atoms with Gasteiger partial charge in [-0.2, -0.15) is 0 Å². The number of nitrogens with zero attached hydrogens (tertiary/aromatic N) is 1. The Bertz CT molecular complexity index is 778. The molecule has 106 valence electrons. The van der Waals surface area contributed by atoms with Gasteiger partial charge in [-0.3, -0.25) is 4.98 Å². The molecule has 21 heavy (non-hydrogen) atoms. The van der Waals surface area contributed by atoms with Crippen LogP contribution >= 0.6 is 11.6 Å². The molecule has 0 fully saturated rings. The van der Waals surface area contributed by atoms with Gasteiger partial charge >= 0.3 is 0 Å². The van der Waals surface area contributed by atoms with Gasteiger partial charge in [-0.25, -0.2) is 0 Å². The van der Waals surface area contributed by atoms with Crippen molar-refractivity contribution in [1.82, 2.24) is 10.3 Å². The number of hydrogen-bond acceptors (Lipinski definition) is 2. The van der Waals surface area contributed by atoms with Crippen molar-refractivity contribution in [3.8, 4) is 0 Å². The molecule has 0 saturated heterocycles. The molecule has 1 heterocycles. The standard InChI is InChI=1S/C18H17ClN2/c1-12-8-9-15(16(19)11-12)18(20-2)14-5-3-7-17-13(14)6-4-10-21-17/h3-11,18,20H,1-2H3. The quantitative estimate of drug-likeness (QED) is 0.769. The fourth-order valence-electron chi connectivity index (χ4n) is 2.72. The highest BCUT2D eigenvalue weighted by molar-refractivity contribution is 6.31. The van der Waals surface area contributed by atoms with E-state index in [4.69, 9.17) is 11.6 Å². The van der Waals surface area contributed by atoms with Crippen LogP contribution in [0.25, 0.3) is 10.9 Å². The van der Waals surface area contributed by atoms with Crippen molar-refractivity contribution in [2.24, 2.45) is 0 Å². The Morgan fingerprint density at radius 1 is 1.05 bits per heavy atom. The summed E-state index contributed by atoms with van der Waals surface area (Å²) in [4.78, 5) is 4.43. The van der Waals surface area contributed by atoms with E-state index < -0.39 is 0 Å². The number of pyridine rings is 1. The first kappa shape index (κ1) is 14.1. The molecule has 0 bridgehead atoms. The van der Waals surface area contributed by atoms with E-state index in [2.05, 4.69) is 34.6 Å². The van der Waals surface area contributed by atoms with E-state index >= 15 is 0 Å². The third-order valence-corrected chi connectivity index (χ3v) is 4.07. The predicted molar refractivity (Wildman–Crippen MR) is 88.8 cm³/mol. The molecular formula is C18H17ClN2. The zero-order valence-corrected chi connectivity index (χ0v) is 12.9. The van der Waals surface area contributed by atoms with Crippen molar-refractivity contribution in [2.45, 2.75) is 13.0 Å². The average Bonchev–Trinajstić information content (AvgIpc) is 2.50. The fourth-order valence-corrected chi connectivity index (χ4v) is 3.07. The lowest BCUT2D eigenvalue weighted by Gasteiger charge is -2.20. The van der Waals surface area contributed by atoms with E-state index in [-0.39, 0.29) is 6.04 Å². The molecule has 0 aliphatic carbocycles. The first-order chi connectivity index (χ1) is 10.2. The smallest absolute Gasteiger partial charge is 0.0705 e. The molecule has 3 rings (SSSR count). The molecule has 2 nitrogen and oxygen atoms in total. The molecule has 1 atom stereocenters.